The summed E-state index contributed by atoms with van der Waals surface area (Å²) in [6, 6.07) is 2.03. The molecule has 90 valence electrons. The van der Waals surface area contributed by atoms with Gasteiger partial charge in [0, 0.05) is 11.3 Å². The lowest BCUT2D eigenvalue weighted by Crippen LogP contribution is -2.17. The highest BCUT2D eigenvalue weighted by molar-refractivity contribution is 7.18. The van der Waals surface area contributed by atoms with E-state index in [2.05, 4.69) is 9.97 Å². The number of nitrogens with zero attached hydrogens (tertiary/aromatic N) is 2. The van der Waals surface area contributed by atoms with Gasteiger partial charge in [-0.3, -0.25) is 0 Å². The van der Waals surface area contributed by atoms with E-state index in [1.807, 2.05) is 13.0 Å². The van der Waals surface area contributed by atoms with Gasteiger partial charge in [-0.05, 0) is 13.0 Å². The Balaban J connectivity index is 2.01. The molecule has 3 rings (SSSR count). The van der Waals surface area contributed by atoms with Crippen LogP contribution in [0.1, 0.15) is 11.3 Å². The van der Waals surface area contributed by atoms with Crippen LogP contribution >= 0.6 is 11.3 Å². The molecule has 0 aromatic carbocycles. The Bertz CT molecular complexity index is 549. The van der Waals surface area contributed by atoms with Gasteiger partial charge in [0.1, 0.15) is 10.9 Å². The summed E-state index contributed by atoms with van der Waals surface area (Å²) in [5.41, 5.74) is 5.68. The Morgan fingerprint density at radius 3 is 3.18 bits per heavy atom. The lowest BCUT2D eigenvalue weighted by molar-refractivity contribution is 0.139. The van der Waals surface area contributed by atoms with Crippen molar-refractivity contribution in [2.24, 2.45) is 0 Å². The highest BCUT2D eigenvalue weighted by atomic mass is 32.1. The number of rotatable bonds is 2. The number of hydrogen-bond donors (Lipinski definition) is 1. The summed E-state index contributed by atoms with van der Waals surface area (Å²) in [5, 5.41) is 0.939. The van der Waals surface area contributed by atoms with E-state index in [1.165, 1.54) is 4.88 Å². The standard InChI is InChI=1S/C11H13N3O2S/c1-6-4-8-9(16-7-2-3-15-5-7)13-11(12)14-10(8)17-6/h4,7H,2-3,5H2,1H3,(H2,12,13,14). The normalized spacial score (nSPS) is 19.9. The number of hydrogen-bond acceptors (Lipinski definition) is 6. The molecule has 0 radical (unpaired) electrons. The fourth-order valence-corrected chi connectivity index (χ4v) is 2.76. The van der Waals surface area contributed by atoms with Crippen molar-refractivity contribution in [1.29, 1.82) is 0 Å². The summed E-state index contributed by atoms with van der Waals surface area (Å²) in [6.45, 7) is 3.40. The van der Waals surface area contributed by atoms with Gasteiger partial charge in [0.2, 0.25) is 11.8 Å². The number of aromatic nitrogens is 2. The van der Waals surface area contributed by atoms with Crippen molar-refractivity contribution in [3.05, 3.63) is 10.9 Å². The summed E-state index contributed by atoms with van der Waals surface area (Å²) in [6.07, 6.45) is 0.974. The van der Waals surface area contributed by atoms with Gasteiger partial charge in [0.15, 0.2) is 0 Å². The second kappa shape index (κ2) is 4.12. The van der Waals surface area contributed by atoms with E-state index in [-0.39, 0.29) is 12.1 Å². The van der Waals surface area contributed by atoms with Crippen molar-refractivity contribution in [2.45, 2.75) is 19.4 Å². The summed E-state index contributed by atoms with van der Waals surface area (Å²) in [5.74, 6) is 0.834. The van der Waals surface area contributed by atoms with Crippen molar-refractivity contribution < 1.29 is 9.47 Å². The molecule has 2 N–H and O–H groups in total. The van der Waals surface area contributed by atoms with E-state index in [0.717, 1.165) is 23.2 Å². The lowest BCUT2D eigenvalue weighted by Gasteiger charge is -2.11. The number of fused-ring (bicyclic) bond motifs is 1. The van der Waals surface area contributed by atoms with Gasteiger partial charge in [-0.2, -0.15) is 4.98 Å². The van der Waals surface area contributed by atoms with Gasteiger partial charge in [-0.1, -0.05) is 0 Å². The van der Waals surface area contributed by atoms with Crippen LogP contribution in [0.15, 0.2) is 6.07 Å². The van der Waals surface area contributed by atoms with Crippen LogP contribution in [0.5, 0.6) is 5.88 Å². The Morgan fingerprint density at radius 1 is 1.53 bits per heavy atom. The molecule has 6 heteroatoms. The molecule has 0 aliphatic carbocycles. The molecule has 3 heterocycles. The fraction of sp³-hybridized carbons (Fsp3) is 0.455. The maximum absolute atomic E-state index is 5.83. The first kappa shape index (κ1) is 10.7. The third-order valence-electron chi connectivity index (χ3n) is 2.66. The van der Waals surface area contributed by atoms with E-state index in [0.29, 0.717) is 12.5 Å². The van der Waals surface area contributed by atoms with Crippen molar-refractivity contribution >= 4 is 27.5 Å². The molecular weight excluding hydrogens is 238 g/mol. The third kappa shape index (κ3) is 2.05. The molecule has 0 amide bonds. The molecular formula is C11H13N3O2S. The van der Waals surface area contributed by atoms with E-state index < -0.39 is 0 Å². The van der Waals surface area contributed by atoms with Gasteiger partial charge >= 0.3 is 0 Å². The van der Waals surface area contributed by atoms with Gasteiger partial charge in [0.05, 0.1) is 18.6 Å². The van der Waals surface area contributed by atoms with E-state index in [1.54, 1.807) is 11.3 Å². The first-order chi connectivity index (χ1) is 8.22. The van der Waals surface area contributed by atoms with Crippen molar-refractivity contribution in [3.63, 3.8) is 0 Å². The zero-order valence-corrected chi connectivity index (χ0v) is 10.3. The highest BCUT2D eigenvalue weighted by Gasteiger charge is 2.20. The van der Waals surface area contributed by atoms with Crippen LogP contribution in [0.2, 0.25) is 0 Å². The topological polar surface area (TPSA) is 70.3 Å². The number of thiophene rings is 1. The van der Waals surface area contributed by atoms with Crippen molar-refractivity contribution in [2.75, 3.05) is 18.9 Å². The minimum atomic E-state index is 0.0766. The zero-order valence-electron chi connectivity index (χ0n) is 9.47. The van der Waals surface area contributed by atoms with E-state index in [4.69, 9.17) is 15.2 Å². The molecule has 5 nitrogen and oxygen atoms in total. The molecule has 1 aliphatic rings. The lowest BCUT2D eigenvalue weighted by atomic mass is 10.3. The minimum Gasteiger partial charge on any atom is -0.471 e. The third-order valence-corrected chi connectivity index (χ3v) is 3.61. The van der Waals surface area contributed by atoms with Gasteiger partial charge in [0.25, 0.3) is 0 Å². The highest BCUT2D eigenvalue weighted by Crippen LogP contribution is 2.31. The Hall–Kier alpha value is -1.40. The van der Waals surface area contributed by atoms with Crippen LogP contribution < -0.4 is 10.5 Å². The summed E-state index contributed by atoms with van der Waals surface area (Å²) in [7, 11) is 0. The fourth-order valence-electron chi connectivity index (χ4n) is 1.89. The summed E-state index contributed by atoms with van der Waals surface area (Å²) in [4.78, 5) is 10.4. The molecule has 1 unspecified atom stereocenters. The van der Waals surface area contributed by atoms with Crippen molar-refractivity contribution in [3.8, 4) is 5.88 Å². The average Bonchev–Trinajstić information content (AvgIpc) is 2.86. The molecule has 1 atom stereocenters. The van der Waals surface area contributed by atoms with Crippen molar-refractivity contribution in [1.82, 2.24) is 9.97 Å². The summed E-state index contributed by atoms with van der Waals surface area (Å²) < 4.78 is 11.1. The number of anilines is 1. The average molecular weight is 251 g/mol. The van der Waals surface area contributed by atoms with Crippen LogP contribution in [-0.2, 0) is 4.74 Å². The monoisotopic (exact) mass is 251 g/mol. The maximum atomic E-state index is 5.83. The number of nitrogens with two attached hydrogens (primary N) is 1. The smallest absolute Gasteiger partial charge is 0.227 e. The molecule has 1 fully saturated rings. The first-order valence-electron chi connectivity index (χ1n) is 5.50. The van der Waals surface area contributed by atoms with Crippen LogP contribution in [0.4, 0.5) is 5.95 Å². The first-order valence-corrected chi connectivity index (χ1v) is 6.32. The maximum Gasteiger partial charge on any atom is 0.227 e. The summed E-state index contributed by atoms with van der Waals surface area (Å²) >= 11 is 1.60. The second-order valence-electron chi connectivity index (χ2n) is 4.07. The molecule has 2 aromatic rings. The van der Waals surface area contributed by atoms with Gasteiger partial charge < -0.3 is 15.2 Å². The molecule has 1 saturated heterocycles. The Kier molecular flexibility index (Phi) is 2.60. The van der Waals surface area contributed by atoms with Crippen LogP contribution in [-0.4, -0.2) is 29.3 Å². The quantitative estimate of drug-likeness (QED) is 0.880. The van der Waals surface area contributed by atoms with Gasteiger partial charge in [-0.25, -0.2) is 4.98 Å². The molecule has 0 saturated carbocycles. The van der Waals surface area contributed by atoms with Crippen LogP contribution in [0.3, 0.4) is 0 Å². The number of ether oxygens (including phenoxy) is 2. The van der Waals surface area contributed by atoms with Crippen LogP contribution in [0.25, 0.3) is 10.2 Å². The number of aryl methyl sites for hydroxylation is 1. The zero-order chi connectivity index (χ0) is 11.8. The van der Waals surface area contributed by atoms with Gasteiger partial charge in [-0.15, -0.1) is 11.3 Å². The largest absolute Gasteiger partial charge is 0.471 e. The molecule has 0 spiro atoms. The molecule has 1 aliphatic heterocycles. The predicted octanol–water partition coefficient (Wildman–Crippen LogP) is 1.75. The molecule has 0 bridgehead atoms. The minimum absolute atomic E-state index is 0.0766. The number of nitrogen functional groups attached to an aromatic ring is 1. The van der Waals surface area contributed by atoms with E-state index in [9.17, 15) is 0 Å². The molecule has 2 aromatic heterocycles. The van der Waals surface area contributed by atoms with E-state index >= 15 is 0 Å². The second-order valence-corrected chi connectivity index (χ2v) is 5.30. The van der Waals surface area contributed by atoms with Crippen LogP contribution in [0, 0.1) is 6.92 Å². The Morgan fingerprint density at radius 2 is 2.41 bits per heavy atom. The molecule has 17 heavy (non-hydrogen) atoms. The SMILES string of the molecule is Cc1cc2c(OC3CCOC3)nc(N)nc2s1. The Labute approximate surface area is 103 Å². The predicted molar refractivity (Wildman–Crippen MR) is 66.4 cm³/mol.